The van der Waals surface area contributed by atoms with E-state index in [0.29, 0.717) is 23.6 Å². The minimum Gasteiger partial charge on any atom is -0.484 e. The molecule has 1 N–H and O–H groups in total. The molecule has 0 saturated heterocycles. The predicted octanol–water partition coefficient (Wildman–Crippen LogP) is 5.09. The topological polar surface area (TPSA) is 80.2 Å². The molecule has 0 fully saturated rings. The molecule has 2 aromatic carbocycles. The molecule has 2 aromatic rings. The smallest absolute Gasteiger partial charge is 0.338 e. The highest BCUT2D eigenvalue weighted by Gasteiger charge is 2.37. The predicted molar refractivity (Wildman–Crippen MR) is 135 cm³/mol. The largest absolute Gasteiger partial charge is 0.484 e. The zero-order valence-corrected chi connectivity index (χ0v) is 20.4. The SMILES string of the molecule is CCOC(=O)C1=C(C)N=C2SC=CN2[C@@H]1c1ccc(OCC(=O)Nc2cccc(C)c2C)cc1. The van der Waals surface area contributed by atoms with E-state index in [0.717, 1.165) is 27.5 Å². The highest BCUT2D eigenvalue weighted by Crippen LogP contribution is 2.41. The first kappa shape index (κ1) is 23.6. The average molecular weight is 478 g/mol. The number of amides is 1. The molecular formula is C26H27N3O4S. The van der Waals surface area contributed by atoms with Crippen molar-refractivity contribution in [1.29, 1.82) is 0 Å². The Bertz CT molecular complexity index is 1200. The van der Waals surface area contributed by atoms with Gasteiger partial charge in [-0.25, -0.2) is 9.79 Å². The zero-order valence-electron chi connectivity index (χ0n) is 19.6. The summed E-state index contributed by atoms with van der Waals surface area (Å²) in [6.07, 6.45) is 1.92. The number of allylic oxidation sites excluding steroid dienone is 1. The fourth-order valence-electron chi connectivity index (χ4n) is 3.87. The van der Waals surface area contributed by atoms with E-state index in [1.54, 1.807) is 19.1 Å². The number of fused-ring (bicyclic) bond motifs is 1. The number of carbonyl (C=O) groups is 2. The van der Waals surface area contributed by atoms with Gasteiger partial charge >= 0.3 is 5.97 Å². The molecule has 0 saturated carbocycles. The molecule has 2 heterocycles. The van der Waals surface area contributed by atoms with E-state index in [-0.39, 0.29) is 24.5 Å². The quantitative estimate of drug-likeness (QED) is 0.560. The second-order valence-electron chi connectivity index (χ2n) is 7.98. The molecule has 0 bridgehead atoms. The van der Waals surface area contributed by atoms with Crippen molar-refractivity contribution >= 4 is 34.5 Å². The Hall–Kier alpha value is -3.52. The van der Waals surface area contributed by atoms with Crippen LogP contribution in [0.4, 0.5) is 5.69 Å². The number of thioether (sulfide) groups is 1. The number of ether oxygens (including phenoxy) is 2. The summed E-state index contributed by atoms with van der Waals surface area (Å²) >= 11 is 1.51. The van der Waals surface area contributed by atoms with Gasteiger partial charge in [0.2, 0.25) is 0 Å². The first-order valence-electron chi connectivity index (χ1n) is 11.1. The summed E-state index contributed by atoms with van der Waals surface area (Å²) in [4.78, 5) is 31.7. The number of nitrogens with zero attached hydrogens (tertiary/aromatic N) is 2. The molecule has 7 nitrogen and oxygen atoms in total. The van der Waals surface area contributed by atoms with E-state index in [4.69, 9.17) is 9.47 Å². The third kappa shape index (κ3) is 4.87. The zero-order chi connectivity index (χ0) is 24.2. The Morgan fingerprint density at radius 3 is 2.62 bits per heavy atom. The number of benzene rings is 2. The van der Waals surface area contributed by atoms with Crippen LogP contribution in [0.25, 0.3) is 0 Å². The Morgan fingerprint density at radius 1 is 1.12 bits per heavy atom. The van der Waals surface area contributed by atoms with Gasteiger partial charge in [-0.1, -0.05) is 36.0 Å². The summed E-state index contributed by atoms with van der Waals surface area (Å²) in [7, 11) is 0. The Labute approximate surface area is 203 Å². The first-order valence-corrected chi connectivity index (χ1v) is 11.9. The van der Waals surface area contributed by atoms with Gasteiger partial charge in [-0.2, -0.15) is 0 Å². The molecule has 2 aliphatic rings. The number of nitrogens with one attached hydrogen (secondary N) is 1. The van der Waals surface area contributed by atoms with Crippen LogP contribution >= 0.6 is 11.8 Å². The van der Waals surface area contributed by atoms with Crippen LogP contribution in [0.2, 0.25) is 0 Å². The van der Waals surface area contributed by atoms with Crippen LogP contribution in [0, 0.1) is 13.8 Å². The first-order chi connectivity index (χ1) is 16.4. The molecular weight excluding hydrogens is 450 g/mol. The maximum absolute atomic E-state index is 12.7. The standard InChI is InChI=1S/C26H27N3O4S/c1-5-32-25(31)23-18(4)27-26-29(13-14-34-26)24(23)19-9-11-20(12-10-19)33-15-22(30)28-21-8-6-7-16(2)17(21)3/h6-14,24H,5,15H2,1-4H3,(H,28,30)/t24-/m1/s1. The molecule has 1 atom stereocenters. The van der Waals surface area contributed by atoms with Gasteiger partial charge in [0.05, 0.1) is 23.9 Å². The van der Waals surface area contributed by atoms with Gasteiger partial charge in [0.25, 0.3) is 5.91 Å². The van der Waals surface area contributed by atoms with Gasteiger partial charge in [-0.15, -0.1) is 0 Å². The fraction of sp³-hybridized carbons (Fsp3) is 0.269. The van der Waals surface area contributed by atoms with Gasteiger partial charge in [-0.05, 0) is 68.0 Å². The maximum Gasteiger partial charge on any atom is 0.338 e. The van der Waals surface area contributed by atoms with E-state index in [1.807, 2.05) is 67.6 Å². The Morgan fingerprint density at radius 2 is 1.88 bits per heavy atom. The summed E-state index contributed by atoms with van der Waals surface area (Å²) in [5.41, 5.74) is 4.99. The molecule has 0 aromatic heterocycles. The normalized spacial score (nSPS) is 16.8. The summed E-state index contributed by atoms with van der Waals surface area (Å²) in [6.45, 7) is 7.78. The van der Waals surface area contributed by atoms with Crippen molar-refractivity contribution in [3.05, 3.63) is 82.0 Å². The van der Waals surface area contributed by atoms with Crippen molar-refractivity contribution in [2.75, 3.05) is 18.5 Å². The van der Waals surface area contributed by atoms with E-state index in [2.05, 4.69) is 10.3 Å². The summed E-state index contributed by atoms with van der Waals surface area (Å²) in [5, 5.41) is 5.66. The van der Waals surface area contributed by atoms with Crippen LogP contribution in [-0.2, 0) is 14.3 Å². The van der Waals surface area contributed by atoms with Crippen molar-refractivity contribution in [2.24, 2.45) is 4.99 Å². The molecule has 1 amide bonds. The minimum atomic E-state index is -0.374. The molecule has 0 aliphatic carbocycles. The number of carbonyl (C=O) groups excluding carboxylic acids is 2. The van der Waals surface area contributed by atoms with Crippen molar-refractivity contribution in [1.82, 2.24) is 4.90 Å². The van der Waals surface area contributed by atoms with Gasteiger partial charge < -0.3 is 19.7 Å². The van der Waals surface area contributed by atoms with Crippen molar-refractivity contribution in [3.8, 4) is 5.75 Å². The molecule has 4 rings (SSSR count). The van der Waals surface area contributed by atoms with Crippen LogP contribution in [0.1, 0.15) is 36.6 Å². The summed E-state index contributed by atoms with van der Waals surface area (Å²) in [5.74, 6) is -0.0378. The molecule has 0 spiro atoms. The molecule has 34 heavy (non-hydrogen) atoms. The fourth-order valence-corrected chi connectivity index (χ4v) is 4.66. The van der Waals surface area contributed by atoms with Crippen LogP contribution in [0.3, 0.4) is 0 Å². The number of aliphatic imine (C=N–C) groups is 1. The molecule has 0 unspecified atom stereocenters. The maximum atomic E-state index is 12.7. The van der Waals surface area contributed by atoms with Gasteiger partial charge in [-0.3, -0.25) is 4.79 Å². The van der Waals surface area contributed by atoms with Crippen molar-refractivity contribution in [3.63, 3.8) is 0 Å². The highest BCUT2D eigenvalue weighted by molar-refractivity contribution is 8.16. The number of esters is 1. The number of rotatable bonds is 7. The van der Waals surface area contributed by atoms with E-state index < -0.39 is 0 Å². The molecule has 2 aliphatic heterocycles. The van der Waals surface area contributed by atoms with Gasteiger partial charge in [0.1, 0.15) is 5.75 Å². The van der Waals surface area contributed by atoms with Crippen LogP contribution in [-0.4, -0.2) is 35.2 Å². The van der Waals surface area contributed by atoms with Gasteiger partial charge in [0, 0.05) is 11.9 Å². The number of anilines is 1. The van der Waals surface area contributed by atoms with E-state index >= 15 is 0 Å². The lowest BCUT2D eigenvalue weighted by Crippen LogP contribution is -2.34. The molecule has 0 radical (unpaired) electrons. The van der Waals surface area contributed by atoms with Crippen LogP contribution < -0.4 is 10.1 Å². The lowest BCUT2D eigenvalue weighted by Gasteiger charge is -2.33. The second-order valence-corrected chi connectivity index (χ2v) is 8.85. The molecule has 8 heteroatoms. The minimum absolute atomic E-state index is 0.106. The van der Waals surface area contributed by atoms with Crippen molar-refractivity contribution < 1.29 is 19.1 Å². The number of aryl methyl sites for hydroxylation is 1. The highest BCUT2D eigenvalue weighted by atomic mass is 32.2. The Balaban J connectivity index is 1.47. The number of amidine groups is 1. The number of hydrogen-bond donors (Lipinski definition) is 1. The summed E-state index contributed by atoms with van der Waals surface area (Å²) < 4.78 is 11.0. The lowest BCUT2D eigenvalue weighted by molar-refractivity contribution is -0.139. The van der Waals surface area contributed by atoms with E-state index in [9.17, 15) is 9.59 Å². The third-order valence-electron chi connectivity index (χ3n) is 5.76. The Kier molecular flexibility index (Phi) is 7.07. The van der Waals surface area contributed by atoms with Crippen LogP contribution in [0.5, 0.6) is 5.75 Å². The average Bonchev–Trinajstić information content (AvgIpc) is 3.28. The van der Waals surface area contributed by atoms with Gasteiger partial charge in [0.15, 0.2) is 11.8 Å². The monoisotopic (exact) mass is 477 g/mol. The van der Waals surface area contributed by atoms with Crippen molar-refractivity contribution in [2.45, 2.75) is 33.7 Å². The second kappa shape index (κ2) is 10.2. The molecule has 176 valence electrons. The third-order valence-corrected chi connectivity index (χ3v) is 6.53. The van der Waals surface area contributed by atoms with E-state index in [1.165, 1.54) is 11.8 Å². The number of hydrogen-bond acceptors (Lipinski definition) is 7. The summed E-state index contributed by atoms with van der Waals surface area (Å²) in [6, 6.07) is 12.8. The van der Waals surface area contributed by atoms with Crippen LogP contribution in [0.15, 0.2) is 70.3 Å². The lowest BCUT2D eigenvalue weighted by atomic mass is 9.95.